The number of hydrogen-bond donors (Lipinski definition) is 0. The second-order valence-electron chi connectivity index (χ2n) is 1.73. The van der Waals surface area contributed by atoms with Crippen molar-refractivity contribution in [1.29, 1.82) is 0 Å². The van der Waals surface area contributed by atoms with Crippen LogP contribution in [0, 0.1) is 0 Å². The van der Waals surface area contributed by atoms with Crippen molar-refractivity contribution in [2.75, 3.05) is 6.67 Å². The van der Waals surface area contributed by atoms with Crippen LogP contribution in [0.2, 0.25) is 0 Å². The zero-order chi connectivity index (χ0) is 8.20. The second kappa shape index (κ2) is 3.78. The van der Waals surface area contributed by atoms with Crippen molar-refractivity contribution >= 4 is 0 Å². The molecule has 0 saturated carbocycles. The second-order valence-corrected chi connectivity index (χ2v) is 1.73. The van der Waals surface area contributed by atoms with Crippen LogP contribution in [0.25, 0.3) is 0 Å². The Morgan fingerprint density at radius 2 is 2.10 bits per heavy atom. The fourth-order valence-corrected chi connectivity index (χ4v) is 0.307. The Labute approximate surface area is 56.6 Å². The van der Waals surface area contributed by atoms with E-state index in [-0.39, 0.29) is 6.42 Å². The highest BCUT2D eigenvalue weighted by molar-refractivity contribution is 4.49. The van der Waals surface area contributed by atoms with Gasteiger partial charge in [-0.25, -0.2) is 9.50 Å². The SMILES string of the molecule is CCC([O])OC(F)(F)CF. The van der Waals surface area contributed by atoms with Gasteiger partial charge in [-0.2, -0.15) is 8.78 Å². The fourth-order valence-electron chi connectivity index (χ4n) is 0.307. The number of hydrogen-bond acceptors (Lipinski definition) is 1. The molecule has 0 aromatic rings. The average Bonchev–Trinajstić information content (AvgIpc) is 1.87. The van der Waals surface area contributed by atoms with Gasteiger partial charge in [0.25, 0.3) is 0 Å². The molecule has 0 spiro atoms. The summed E-state index contributed by atoms with van der Waals surface area (Å²) in [6.45, 7) is -0.572. The molecule has 1 atom stereocenters. The van der Waals surface area contributed by atoms with E-state index in [1.54, 1.807) is 0 Å². The average molecular weight is 157 g/mol. The number of rotatable bonds is 4. The maximum atomic E-state index is 11.8. The molecule has 0 aliphatic carbocycles. The van der Waals surface area contributed by atoms with Crippen molar-refractivity contribution in [1.82, 2.24) is 0 Å². The van der Waals surface area contributed by atoms with Crippen LogP contribution in [0.5, 0.6) is 0 Å². The topological polar surface area (TPSA) is 29.1 Å². The van der Waals surface area contributed by atoms with Crippen LogP contribution in [-0.2, 0) is 9.84 Å². The van der Waals surface area contributed by atoms with Gasteiger partial charge in [0, 0.05) is 0 Å². The molecule has 0 aromatic heterocycles. The van der Waals surface area contributed by atoms with Gasteiger partial charge in [-0.05, 0) is 6.42 Å². The molecule has 61 valence electrons. The highest BCUT2D eigenvalue weighted by atomic mass is 19.3. The molecular formula is C5H8F3O2. The molecule has 0 fully saturated rings. The van der Waals surface area contributed by atoms with E-state index >= 15 is 0 Å². The Balaban J connectivity index is 3.64. The van der Waals surface area contributed by atoms with Gasteiger partial charge in [0.1, 0.15) is 0 Å². The van der Waals surface area contributed by atoms with Crippen LogP contribution in [0.4, 0.5) is 13.2 Å². The van der Waals surface area contributed by atoms with E-state index in [1.807, 2.05) is 0 Å². The summed E-state index contributed by atoms with van der Waals surface area (Å²) in [6.07, 6.45) is -5.86. The zero-order valence-corrected chi connectivity index (χ0v) is 5.44. The lowest BCUT2D eigenvalue weighted by atomic mass is 10.5. The predicted octanol–water partition coefficient (Wildman–Crippen LogP) is 1.73. The minimum absolute atomic E-state index is 0.102. The summed E-state index contributed by atoms with van der Waals surface area (Å²) in [5.74, 6) is 0. The third kappa shape index (κ3) is 3.68. The quantitative estimate of drug-likeness (QED) is 0.571. The monoisotopic (exact) mass is 157 g/mol. The number of halogens is 3. The molecular weight excluding hydrogens is 149 g/mol. The van der Waals surface area contributed by atoms with Crippen molar-refractivity contribution in [2.45, 2.75) is 25.7 Å². The summed E-state index contributed by atoms with van der Waals surface area (Å²) in [7, 11) is 0. The van der Waals surface area contributed by atoms with Crippen molar-refractivity contribution in [3.8, 4) is 0 Å². The molecule has 10 heavy (non-hydrogen) atoms. The first-order chi connectivity index (χ1) is 4.52. The van der Waals surface area contributed by atoms with Gasteiger partial charge in [-0.15, -0.1) is 0 Å². The maximum absolute atomic E-state index is 11.8. The molecule has 0 heterocycles. The Hall–Kier alpha value is -0.290. The van der Waals surface area contributed by atoms with Gasteiger partial charge >= 0.3 is 6.11 Å². The minimum Gasteiger partial charge on any atom is -0.285 e. The van der Waals surface area contributed by atoms with Crippen molar-refractivity contribution in [3.63, 3.8) is 0 Å². The molecule has 0 aliphatic rings. The van der Waals surface area contributed by atoms with Crippen LogP contribution < -0.4 is 0 Å². The summed E-state index contributed by atoms with van der Waals surface area (Å²) < 4.78 is 38.3. The summed E-state index contributed by atoms with van der Waals surface area (Å²) >= 11 is 0. The molecule has 0 bridgehead atoms. The lowest BCUT2D eigenvalue weighted by Gasteiger charge is -2.14. The van der Waals surface area contributed by atoms with E-state index in [4.69, 9.17) is 0 Å². The molecule has 0 saturated heterocycles. The highest BCUT2D eigenvalue weighted by Crippen LogP contribution is 2.18. The van der Waals surface area contributed by atoms with Gasteiger partial charge in [-0.3, -0.25) is 4.74 Å². The highest BCUT2D eigenvalue weighted by Gasteiger charge is 2.33. The van der Waals surface area contributed by atoms with Gasteiger partial charge in [0.2, 0.25) is 0 Å². The standard InChI is InChI=1S/C5H8F3O2/c1-2-4(9)10-5(7,8)3-6/h4H,2-3H2,1H3. The number of ether oxygens (including phenoxy) is 1. The molecule has 0 aliphatic heterocycles. The third-order valence-electron chi connectivity index (χ3n) is 0.793. The van der Waals surface area contributed by atoms with Crippen molar-refractivity contribution in [2.24, 2.45) is 0 Å². The zero-order valence-electron chi connectivity index (χ0n) is 5.44. The van der Waals surface area contributed by atoms with E-state index in [0.717, 1.165) is 0 Å². The first-order valence-corrected chi connectivity index (χ1v) is 2.79. The van der Waals surface area contributed by atoms with Gasteiger partial charge in [0.05, 0.1) is 0 Å². The predicted molar refractivity (Wildman–Crippen MR) is 26.8 cm³/mol. The van der Waals surface area contributed by atoms with Crippen LogP contribution in [0.3, 0.4) is 0 Å². The normalized spacial score (nSPS) is 15.3. The number of alkyl halides is 3. The molecule has 0 rings (SSSR count). The molecule has 0 aromatic carbocycles. The Morgan fingerprint density at radius 1 is 1.60 bits per heavy atom. The lowest BCUT2D eigenvalue weighted by Crippen LogP contribution is -2.28. The largest absolute Gasteiger partial charge is 0.386 e. The Kier molecular flexibility index (Phi) is 3.67. The van der Waals surface area contributed by atoms with Crippen molar-refractivity contribution < 1.29 is 23.0 Å². The van der Waals surface area contributed by atoms with E-state index in [1.165, 1.54) is 6.92 Å². The molecule has 1 radical (unpaired) electrons. The Bertz CT molecular complexity index is 96.9. The minimum atomic E-state index is -3.91. The van der Waals surface area contributed by atoms with E-state index in [9.17, 15) is 18.3 Å². The van der Waals surface area contributed by atoms with Gasteiger partial charge in [0.15, 0.2) is 13.0 Å². The fraction of sp³-hybridized carbons (Fsp3) is 1.00. The maximum Gasteiger partial charge on any atom is 0.386 e. The Morgan fingerprint density at radius 3 is 2.40 bits per heavy atom. The third-order valence-corrected chi connectivity index (χ3v) is 0.793. The molecule has 5 heteroatoms. The smallest absolute Gasteiger partial charge is 0.285 e. The van der Waals surface area contributed by atoms with Crippen LogP contribution in [0.1, 0.15) is 13.3 Å². The molecule has 1 unspecified atom stereocenters. The van der Waals surface area contributed by atoms with Gasteiger partial charge < -0.3 is 0 Å². The first kappa shape index (κ1) is 9.71. The van der Waals surface area contributed by atoms with Crippen molar-refractivity contribution in [3.05, 3.63) is 0 Å². The summed E-state index contributed by atoms with van der Waals surface area (Å²) in [5.41, 5.74) is 0. The summed E-state index contributed by atoms with van der Waals surface area (Å²) in [6, 6.07) is 0. The summed E-state index contributed by atoms with van der Waals surface area (Å²) in [5, 5.41) is 10.2. The molecule has 2 nitrogen and oxygen atoms in total. The molecule has 0 N–H and O–H groups in total. The van der Waals surface area contributed by atoms with E-state index in [2.05, 4.69) is 4.74 Å². The van der Waals surface area contributed by atoms with Crippen LogP contribution in [-0.4, -0.2) is 19.1 Å². The van der Waals surface area contributed by atoms with E-state index in [0.29, 0.717) is 0 Å². The lowest BCUT2D eigenvalue weighted by molar-refractivity contribution is -0.323. The summed E-state index contributed by atoms with van der Waals surface area (Å²) in [4.78, 5) is 0. The molecule has 0 amide bonds. The first-order valence-electron chi connectivity index (χ1n) is 2.79. The van der Waals surface area contributed by atoms with Gasteiger partial charge in [-0.1, -0.05) is 6.92 Å². The van der Waals surface area contributed by atoms with Crippen LogP contribution >= 0.6 is 0 Å². The van der Waals surface area contributed by atoms with Crippen LogP contribution in [0.15, 0.2) is 0 Å². The van der Waals surface area contributed by atoms with E-state index < -0.39 is 19.1 Å².